The molecule has 1 aromatic heterocycles. The van der Waals surface area contributed by atoms with Gasteiger partial charge < -0.3 is 4.74 Å². The minimum absolute atomic E-state index is 0.0211. The van der Waals surface area contributed by atoms with Gasteiger partial charge in [0.2, 0.25) is 5.91 Å². The lowest BCUT2D eigenvalue weighted by Crippen LogP contribution is -2.24. The maximum Gasteiger partial charge on any atom is 0.238 e. The highest BCUT2D eigenvalue weighted by molar-refractivity contribution is 5.83. The van der Waals surface area contributed by atoms with E-state index in [0.717, 1.165) is 30.0 Å². The molecule has 21 heavy (non-hydrogen) atoms. The topological polar surface area (TPSA) is 56.2 Å². The highest BCUT2D eigenvalue weighted by atomic mass is 16.5. The number of carbonyl (C=O) groups is 1. The molecule has 110 valence electrons. The van der Waals surface area contributed by atoms with E-state index < -0.39 is 0 Å². The van der Waals surface area contributed by atoms with E-state index in [0.29, 0.717) is 13.0 Å². The van der Waals surface area contributed by atoms with Crippen molar-refractivity contribution >= 4 is 5.91 Å². The lowest BCUT2D eigenvalue weighted by atomic mass is 9.99. The Morgan fingerprint density at radius 2 is 2.24 bits per heavy atom. The number of nitrogens with zero attached hydrogens (tertiary/aromatic N) is 2. The molecular weight excluding hydrogens is 266 g/mol. The van der Waals surface area contributed by atoms with Crippen LogP contribution >= 0.6 is 0 Å². The number of aromatic nitrogens is 2. The first kappa shape index (κ1) is 13.8. The number of hydrogen-bond donors (Lipinski definition) is 1. The molecule has 0 spiro atoms. The van der Waals surface area contributed by atoms with E-state index >= 15 is 0 Å². The van der Waals surface area contributed by atoms with E-state index in [2.05, 4.69) is 10.4 Å². The monoisotopic (exact) mass is 285 g/mol. The molecular formula is C16H19N3O2. The molecule has 1 unspecified atom stereocenters. The highest BCUT2D eigenvalue weighted by Gasteiger charge is 2.26. The zero-order chi connectivity index (χ0) is 14.7. The van der Waals surface area contributed by atoms with Gasteiger partial charge in [-0.3, -0.25) is 10.2 Å². The Kier molecular flexibility index (Phi) is 4.01. The van der Waals surface area contributed by atoms with Gasteiger partial charge in [-0.2, -0.15) is 0 Å². The van der Waals surface area contributed by atoms with E-state index in [1.54, 1.807) is 11.0 Å². The third kappa shape index (κ3) is 2.83. The van der Waals surface area contributed by atoms with Gasteiger partial charge in [0.25, 0.3) is 0 Å². The molecule has 0 bridgehead atoms. The average Bonchev–Trinajstić information content (AvgIpc) is 3.17. The number of imidazole rings is 1. The van der Waals surface area contributed by atoms with Gasteiger partial charge in [0.15, 0.2) is 0 Å². The first-order valence-corrected chi connectivity index (χ1v) is 7.30. The summed E-state index contributed by atoms with van der Waals surface area (Å²) in [7, 11) is 0. The van der Waals surface area contributed by atoms with Gasteiger partial charge in [-0.05, 0) is 6.42 Å². The maximum atomic E-state index is 11.7. The largest absolute Gasteiger partial charge is 0.381 e. The first-order chi connectivity index (χ1) is 10.3. The number of rotatable bonds is 4. The molecule has 2 aromatic rings. The van der Waals surface area contributed by atoms with Crippen molar-refractivity contribution in [2.75, 3.05) is 18.6 Å². The van der Waals surface area contributed by atoms with Gasteiger partial charge in [-0.15, -0.1) is 0 Å². The Morgan fingerprint density at radius 3 is 2.90 bits per heavy atom. The number of benzene rings is 1. The summed E-state index contributed by atoms with van der Waals surface area (Å²) in [5.74, 6) is 0.243. The van der Waals surface area contributed by atoms with E-state index in [-0.39, 0.29) is 11.8 Å². The van der Waals surface area contributed by atoms with Crippen molar-refractivity contribution in [1.82, 2.24) is 9.66 Å². The molecule has 5 heteroatoms. The van der Waals surface area contributed by atoms with Crippen LogP contribution in [0.4, 0.5) is 0 Å². The molecule has 1 fully saturated rings. The quantitative estimate of drug-likeness (QED) is 0.939. The van der Waals surface area contributed by atoms with Crippen LogP contribution in [0.15, 0.2) is 36.7 Å². The molecule has 1 aliphatic heterocycles. The van der Waals surface area contributed by atoms with Crippen molar-refractivity contribution in [3.05, 3.63) is 42.4 Å². The summed E-state index contributed by atoms with van der Waals surface area (Å²) >= 11 is 0. The summed E-state index contributed by atoms with van der Waals surface area (Å²) in [6, 6.07) is 10.0. The summed E-state index contributed by atoms with van der Waals surface area (Å²) in [6.07, 6.45) is 3.08. The van der Waals surface area contributed by atoms with Gasteiger partial charge in [-0.25, -0.2) is 9.66 Å². The molecule has 1 atom stereocenters. The number of nitrogens with one attached hydrogen (secondary N) is 1. The SMILES string of the molecule is CCC(=O)Nn1cnc(-c2ccccc2)c1C1CCOC1. The molecule has 1 aromatic carbocycles. The van der Waals surface area contributed by atoms with Gasteiger partial charge >= 0.3 is 0 Å². The van der Waals surface area contributed by atoms with Gasteiger partial charge in [0.05, 0.1) is 18.0 Å². The fourth-order valence-corrected chi connectivity index (χ4v) is 2.62. The zero-order valence-electron chi connectivity index (χ0n) is 12.1. The van der Waals surface area contributed by atoms with E-state index in [4.69, 9.17) is 4.74 Å². The van der Waals surface area contributed by atoms with Crippen LogP contribution in [-0.4, -0.2) is 28.8 Å². The van der Waals surface area contributed by atoms with Crippen LogP contribution in [-0.2, 0) is 9.53 Å². The normalized spacial score (nSPS) is 17.9. The van der Waals surface area contributed by atoms with Gasteiger partial charge in [0, 0.05) is 24.5 Å². The second-order valence-electron chi connectivity index (χ2n) is 5.16. The Hall–Kier alpha value is -2.14. The fraction of sp³-hybridized carbons (Fsp3) is 0.375. The van der Waals surface area contributed by atoms with E-state index in [1.807, 2.05) is 37.3 Å². The third-order valence-corrected chi connectivity index (χ3v) is 3.73. The van der Waals surface area contributed by atoms with Crippen molar-refractivity contribution in [2.45, 2.75) is 25.7 Å². The Bertz CT molecular complexity index is 616. The molecule has 1 N–H and O–H groups in total. The number of ether oxygens (including phenoxy) is 1. The van der Waals surface area contributed by atoms with Crippen LogP contribution in [0.1, 0.15) is 31.4 Å². The third-order valence-electron chi connectivity index (χ3n) is 3.73. The van der Waals surface area contributed by atoms with Gasteiger partial charge in [0.1, 0.15) is 6.33 Å². The predicted molar refractivity (Wildman–Crippen MR) is 80.5 cm³/mol. The van der Waals surface area contributed by atoms with Crippen LogP contribution in [0, 0.1) is 0 Å². The molecule has 1 amide bonds. The Balaban J connectivity index is 2.01. The molecule has 0 aliphatic carbocycles. The minimum Gasteiger partial charge on any atom is -0.381 e. The molecule has 5 nitrogen and oxygen atoms in total. The average molecular weight is 285 g/mol. The van der Waals surface area contributed by atoms with Crippen molar-refractivity contribution in [1.29, 1.82) is 0 Å². The van der Waals surface area contributed by atoms with E-state index in [1.165, 1.54) is 0 Å². The molecule has 3 rings (SSSR count). The second-order valence-corrected chi connectivity index (χ2v) is 5.16. The zero-order valence-corrected chi connectivity index (χ0v) is 12.1. The summed E-state index contributed by atoms with van der Waals surface area (Å²) in [6.45, 7) is 3.27. The molecule has 1 saturated heterocycles. The van der Waals surface area contributed by atoms with Crippen molar-refractivity contribution in [3.63, 3.8) is 0 Å². The Labute approximate surface area is 123 Å². The number of hydrogen-bond acceptors (Lipinski definition) is 3. The minimum atomic E-state index is -0.0211. The number of amides is 1. The van der Waals surface area contributed by atoms with Crippen LogP contribution in [0.3, 0.4) is 0 Å². The van der Waals surface area contributed by atoms with Crippen LogP contribution in [0.5, 0.6) is 0 Å². The lowest BCUT2D eigenvalue weighted by Gasteiger charge is -2.15. The molecule has 2 heterocycles. The van der Waals surface area contributed by atoms with E-state index in [9.17, 15) is 4.79 Å². The number of carbonyl (C=O) groups excluding carboxylic acids is 1. The Morgan fingerprint density at radius 1 is 1.43 bits per heavy atom. The fourth-order valence-electron chi connectivity index (χ4n) is 2.62. The second kappa shape index (κ2) is 6.10. The smallest absolute Gasteiger partial charge is 0.238 e. The molecule has 0 saturated carbocycles. The molecule has 1 aliphatic rings. The summed E-state index contributed by atoms with van der Waals surface area (Å²) in [4.78, 5) is 16.2. The van der Waals surface area contributed by atoms with Crippen LogP contribution in [0.2, 0.25) is 0 Å². The van der Waals surface area contributed by atoms with Crippen molar-refractivity contribution < 1.29 is 9.53 Å². The van der Waals surface area contributed by atoms with Crippen LogP contribution < -0.4 is 5.43 Å². The van der Waals surface area contributed by atoms with Gasteiger partial charge in [-0.1, -0.05) is 37.3 Å². The predicted octanol–water partition coefficient (Wildman–Crippen LogP) is 2.53. The van der Waals surface area contributed by atoms with Crippen molar-refractivity contribution in [3.8, 4) is 11.3 Å². The summed E-state index contributed by atoms with van der Waals surface area (Å²) in [5.41, 5.74) is 5.89. The molecule has 0 radical (unpaired) electrons. The maximum absolute atomic E-state index is 11.7. The summed E-state index contributed by atoms with van der Waals surface area (Å²) < 4.78 is 7.26. The van der Waals surface area contributed by atoms with Crippen molar-refractivity contribution in [2.24, 2.45) is 0 Å². The summed E-state index contributed by atoms with van der Waals surface area (Å²) in [5, 5.41) is 0. The highest BCUT2D eigenvalue weighted by Crippen LogP contribution is 2.32. The standard InChI is InChI=1S/C16H19N3O2/c1-2-14(20)18-19-11-17-15(12-6-4-3-5-7-12)16(19)13-8-9-21-10-13/h3-7,11,13H,2,8-10H2,1H3,(H,18,20). The lowest BCUT2D eigenvalue weighted by molar-refractivity contribution is -0.116. The first-order valence-electron chi connectivity index (χ1n) is 7.30. The van der Waals surface area contributed by atoms with Crippen LogP contribution in [0.25, 0.3) is 11.3 Å².